The van der Waals surface area contributed by atoms with E-state index in [0.717, 1.165) is 64.2 Å². The Bertz CT molecular complexity index is 714. The van der Waals surface area contributed by atoms with Crippen LogP contribution in [0.2, 0.25) is 0 Å². The summed E-state index contributed by atoms with van der Waals surface area (Å²) < 4.78 is 1.67. The maximum Gasteiger partial charge on any atom is 0.266 e. The molecular weight excluding hydrogens is 340 g/mol. The minimum atomic E-state index is -0.0478. The second kappa shape index (κ2) is 8.13. The van der Waals surface area contributed by atoms with Crippen LogP contribution in [0.1, 0.15) is 52.7 Å². The number of hydrogen-bond acceptors (Lipinski definition) is 4. The second-order valence-corrected chi connectivity index (χ2v) is 9.35. The average Bonchev–Trinajstić information content (AvgIpc) is 3.06. The highest BCUT2D eigenvalue weighted by Crippen LogP contribution is 2.23. The molecule has 3 heterocycles. The summed E-state index contributed by atoms with van der Waals surface area (Å²) in [5.41, 5.74) is 0.921. The molecule has 3 rings (SSSR count). The maximum absolute atomic E-state index is 12.2. The van der Waals surface area contributed by atoms with E-state index in [0.29, 0.717) is 11.8 Å². The fraction of sp³-hybridized carbons (Fsp3) is 0.762. The van der Waals surface area contributed by atoms with E-state index in [1.807, 2.05) is 11.0 Å². The molecular formula is C21H34N4O2. The first-order chi connectivity index (χ1) is 12.7. The maximum atomic E-state index is 12.2. The van der Waals surface area contributed by atoms with Gasteiger partial charge >= 0.3 is 0 Å². The largest absolute Gasteiger partial charge is 0.343 e. The van der Waals surface area contributed by atoms with Crippen LogP contribution in [0.3, 0.4) is 0 Å². The predicted molar refractivity (Wildman–Crippen MR) is 107 cm³/mol. The molecule has 0 spiro atoms. The van der Waals surface area contributed by atoms with Crippen molar-refractivity contribution in [3.8, 4) is 0 Å². The Kier molecular flexibility index (Phi) is 6.04. The van der Waals surface area contributed by atoms with E-state index < -0.39 is 0 Å². The number of amides is 1. The zero-order valence-corrected chi connectivity index (χ0v) is 17.3. The number of carbonyl (C=O) groups is 1. The quantitative estimate of drug-likeness (QED) is 0.810. The minimum Gasteiger partial charge on any atom is -0.343 e. The molecule has 150 valence electrons. The highest BCUT2D eigenvalue weighted by atomic mass is 16.2. The third-order valence-electron chi connectivity index (χ3n) is 6.02. The van der Waals surface area contributed by atoms with Crippen molar-refractivity contribution in [3.63, 3.8) is 0 Å². The zero-order valence-electron chi connectivity index (χ0n) is 17.3. The van der Waals surface area contributed by atoms with Crippen LogP contribution >= 0.6 is 0 Å². The first-order valence-electron chi connectivity index (χ1n) is 10.3. The van der Waals surface area contributed by atoms with Crippen LogP contribution in [0.5, 0.6) is 0 Å². The van der Waals surface area contributed by atoms with Crippen LogP contribution in [0.4, 0.5) is 0 Å². The lowest BCUT2D eigenvalue weighted by atomic mass is 9.92. The summed E-state index contributed by atoms with van der Waals surface area (Å²) in [6, 6.07) is 3.51. The van der Waals surface area contributed by atoms with Gasteiger partial charge in [-0.1, -0.05) is 20.8 Å². The molecule has 0 radical (unpaired) electrons. The van der Waals surface area contributed by atoms with E-state index in [2.05, 4.69) is 30.8 Å². The van der Waals surface area contributed by atoms with Crippen LogP contribution in [-0.2, 0) is 16.8 Å². The normalized spacial score (nSPS) is 22.4. The first-order valence-corrected chi connectivity index (χ1v) is 10.3. The average molecular weight is 375 g/mol. The van der Waals surface area contributed by atoms with Crippen LogP contribution < -0.4 is 5.56 Å². The smallest absolute Gasteiger partial charge is 0.266 e. The van der Waals surface area contributed by atoms with Gasteiger partial charge in [0, 0.05) is 44.6 Å². The van der Waals surface area contributed by atoms with Gasteiger partial charge in [-0.2, -0.15) is 5.10 Å². The number of carbonyl (C=O) groups excluding carboxylic acids is 1. The number of piperidine rings is 1. The lowest BCUT2D eigenvalue weighted by Gasteiger charge is -2.33. The van der Waals surface area contributed by atoms with Gasteiger partial charge in [0.2, 0.25) is 5.91 Å². The fourth-order valence-corrected chi connectivity index (χ4v) is 4.21. The van der Waals surface area contributed by atoms with Gasteiger partial charge in [0.25, 0.3) is 5.56 Å². The highest BCUT2D eigenvalue weighted by Gasteiger charge is 2.28. The van der Waals surface area contributed by atoms with E-state index in [4.69, 9.17) is 0 Å². The Balaban J connectivity index is 1.50. The summed E-state index contributed by atoms with van der Waals surface area (Å²) in [6.45, 7) is 13.8. The van der Waals surface area contributed by atoms with Gasteiger partial charge in [0.05, 0.1) is 5.69 Å². The SMILES string of the molecule is CC(=O)N1CCC(CN2CCC(Cn3nc(C(C)(C)C)ccc3=O)CC2)C1. The number of likely N-dealkylation sites (tertiary alicyclic amines) is 2. The zero-order chi connectivity index (χ0) is 19.6. The molecule has 1 amide bonds. The molecule has 2 aliphatic heterocycles. The van der Waals surface area contributed by atoms with E-state index in [1.54, 1.807) is 17.7 Å². The van der Waals surface area contributed by atoms with Gasteiger partial charge in [-0.25, -0.2) is 4.68 Å². The van der Waals surface area contributed by atoms with Crippen molar-refractivity contribution in [1.29, 1.82) is 0 Å². The summed E-state index contributed by atoms with van der Waals surface area (Å²) in [4.78, 5) is 28.2. The van der Waals surface area contributed by atoms with Crippen molar-refractivity contribution in [2.75, 3.05) is 32.7 Å². The molecule has 1 atom stereocenters. The molecule has 6 heteroatoms. The van der Waals surface area contributed by atoms with Crippen LogP contribution in [0, 0.1) is 11.8 Å². The fourth-order valence-electron chi connectivity index (χ4n) is 4.21. The molecule has 1 aromatic heterocycles. The standard InChI is InChI=1S/C21H34N4O2/c1-16(26)24-12-9-18(14-24)13-23-10-7-17(8-11-23)15-25-20(27)6-5-19(22-25)21(2,3)4/h5-6,17-18H,7-15H2,1-4H3. The third kappa shape index (κ3) is 5.18. The number of aromatic nitrogens is 2. The van der Waals surface area contributed by atoms with Crippen molar-refractivity contribution in [3.05, 3.63) is 28.2 Å². The Morgan fingerprint density at radius 3 is 2.33 bits per heavy atom. The highest BCUT2D eigenvalue weighted by molar-refractivity contribution is 5.73. The summed E-state index contributed by atoms with van der Waals surface area (Å²) >= 11 is 0. The molecule has 0 aliphatic carbocycles. The molecule has 6 nitrogen and oxygen atoms in total. The third-order valence-corrected chi connectivity index (χ3v) is 6.02. The number of hydrogen-bond donors (Lipinski definition) is 0. The molecule has 0 N–H and O–H groups in total. The lowest BCUT2D eigenvalue weighted by Crippen LogP contribution is -2.40. The summed E-state index contributed by atoms with van der Waals surface area (Å²) in [5.74, 6) is 1.32. The molecule has 2 saturated heterocycles. The molecule has 0 saturated carbocycles. The van der Waals surface area contributed by atoms with Gasteiger partial charge < -0.3 is 9.80 Å². The summed E-state index contributed by atoms with van der Waals surface area (Å²) in [5, 5.41) is 4.62. The lowest BCUT2D eigenvalue weighted by molar-refractivity contribution is -0.127. The van der Waals surface area contributed by atoms with Gasteiger partial charge in [0.15, 0.2) is 0 Å². The van der Waals surface area contributed by atoms with Gasteiger partial charge in [-0.05, 0) is 50.3 Å². The van der Waals surface area contributed by atoms with Crippen molar-refractivity contribution in [2.45, 2.75) is 58.9 Å². The Labute approximate surface area is 162 Å². The number of nitrogens with zero attached hydrogens (tertiary/aromatic N) is 4. The molecule has 1 aromatic rings. The van der Waals surface area contributed by atoms with Crippen LogP contribution in [-0.4, -0.2) is 58.2 Å². The molecule has 0 bridgehead atoms. The second-order valence-electron chi connectivity index (χ2n) is 9.35. The van der Waals surface area contributed by atoms with Crippen molar-refractivity contribution < 1.29 is 4.79 Å². The summed E-state index contributed by atoms with van der Waals surface area (Å²) in [6.07, 6.45) is 3.34. The van der Waals surface area contributed by atoms with Gasteiger partial charge in [-0.15, -0.1) is 0 Å². The molecule has 2 aliphatic rings. The van der Waals surface area contributed by atoms with Crippen molar-refractivity contribution >= 4 is 5.91 Å². The predicted octanol–water partition coefficient (Wildman–Crippen LogP) is 2.12. The molecule has 0 aromatic carbocycles. The van der Waals surface area contributed by atoms with E-state index in [-0.39, 0.29) is 16.9 Å². The van der Waals surface area contributed by atoms with E-state index in [9.17, 15) is 9.59 Å². The molecule has 27 heavy (non-hydrogen) atoms. The van der Waals surface area contributed by atoms with Crippen molar-refractivity contribution in [1.82, 2.24) is 19.6 Å². The molecule has 2 fully saturated rings. The van der Waals surface area contributed by atoms with Crippen molar-refractivity contribution in [2.24, 2.45) is 11.8 Å². The monoisotopic (exact) mass is 374 g/mol. The van der Waals surface area contributed by atoms with Gasteiger partial charge in [-0.3, -0.25) is 9.59 Å². The summed E-state index contributed by atoms with van der Waals surface area (Å²) in [7, 11) is 0. The van der Waals surface area contributed by atoms with Gasteiger partial charge in [0.1, 0.15) is 0 Å². The minimum absolute atomic E-state index is 0.000657. The Morgan fingerprint density at radius 2 is 1.74 bits per heavy atom. The topological polar surface area (TPSA) is 58.4 Å². The van der Waals surface area contributed by atoms with Crippen LogP contribution in [0.25, 0.3) is 0 Å². The van der Waals surface area contributed by atoms with E-state index in [1.165, 1.54) is 0 Å². The van der Waals surface area contributed by atoms with E-state index >= 15 is 0 Å². The molecule has 1 unspecified atom stereocenters. The first kappa shape index (κ1) is 20.1. The Morgan fingerprint density at radius 1 is 1.07 bits per heavy atom. The van der Waals surface area contributed by atoms with Crippen LogP contribution in [0.15, 0.2) is 16.9 Å². The Hall–Kier alpha value is -1.69. The number of rotatable bonds is 4.